The van der Waals surface area contributed by atoms with Crippen molar-refractivity contribution < 1.29 is 34.0 Å². The number of halogens is 1. The number of rotatable bonds is 10. The highest BCUT2D eigenvalue weighted by Crippen LogP contribution is 2.34. The summed E-state index contributed by atoms with van der Waals surface area (Å²) >= 11 is 5.99. The summed E-state index contributed by atoms with van der Waals surface area (Å²) in [5.41, 5.74) is 2.23. The third-order valence-corrected chi connectivity index (χ3v) is 5.36. The smallest absolute Gasteiger partial charge is 0.452 e. The molecule has 2 aromatic rings. The van der Waals surface area contributed by atoms with Crippen molar-refractivity contribution in [2.24, 2.45) is 0 Å². The van der Waals surface area contributed by atoms with Crippen LogP contribution in [0.15, 0.2) is 54.8 Å². The molecule has 1 heterocycles. The van der Waals surface area contributed by atoms with Crippen LogP contribution >= 0.6 is 11.6 Å². The highest BCUT2D eigenvalue weighted by molar-refractivity contribution is 6.30. The maximum absolute atomic E-state index is 12.3. The number of nitrogens with one attached hydrogen (secondary N) is 1. The average molecular weight is 490 g/mol. The van der Waals surface area contributed by atoms with Gasteiger partial charge >= 0.3 is 17.7 Å². The lowest BCUT2D eigenvalue weighted by atomic mass is 10.0. The highest BCUT2D eigenvalue weighted by atomic mass is 35.5. The fourth-order valence-electron chi connectivity index (χ4n) is 3.45. The molecular formula is C25H28ClNO7. The van der Waals surface area contributed by atoms with Gasteiger partial charge in [0, 0.05) is 23.2 Å². The van der Waals surface area contributed by atoms with Crippen molar-refractivity contribution in [3.05, 3.63) is 76.5 Å². The van der Waals surface area contributed by atoms with Crippen LogP contribution in [0, 0.1) is 0 Å². The standard InChI is InChI=1S/C25H28ClNO7/c1-15(2)33-24(31)25(23(29)30)32-14-22(34-25)19-8-4-6-17(11-19)10-16(3)27-13-21(28)18-7-5-9-20(26)12-18/h4-9,11-12,14-16,21,27-28H,10,13H2,1-3H3,(H,29,30). The Hall–Kier alpha value is -3.07. The molecule has 0 spiro atoms. The molecule has 3 atom stereocenters. The molecule has 2 aromatic carbocycles. The maximum Gasteiger partial charge on any atom is 0.452 e. The highest BCUT2D eigenvalue weighted by Gasteiger charge is 2.57. The zero-order valence-electron chi connectivity index (χ0n) is 19.2. The number of hydrogen-bond donors (Lipinski definition) is 3. The summed E-state index contributed by atoms with van der Waals surface area (Å²) in [6.07, 6.45) is 0.507. The molecule has 8 nitrogen and oxygen atoms in total. The number of hydrogen-bond acceptors (Lipinski definition) is 7. The van der Waals surface area contributed by atoms with Gasteiger partial charge in [0.1, 0.15) is 6.26 Å². The lowest BCUT2D eigenvalue weighted by Gasteiger charge is -2.22. The van der Waals surface area contributed by atoms with Crippen LogP contribution in [0.5, 0.6) is 0 Å². The molecule has 1 aliphatic rings. The van der Waals surface area contributed by atoms with Gasteiger partial charge in [0.25, 0.3) is 0 Å². The van der Waals surface area contributed by atoms with Gasteiger partial charge in [-0.05, 0) is 56.5 Å². The number of carbonyl (C=O) groups excluding carboxylic acids is 1. The largest absolute Gasteiger partial charge is 0.475 e. The van der Waals surface area contributed by atoms with Gasteiger partial charge in [-0.1, -0.05) is 41.9 Å². The quantitative estimate of drug-likeness (QED) is 0.342. The lowest BCUT2D eigenvalue weighted by Crippen LogP contribution is -2.49. The summed E-state index contributed by atoms with van der Waals surface area (Å²) in [6.45, 7) is 5.54. The fourth-order valence-corrected chi connectivity index (χ4v) is 3.65. The molecule has 0 aromatic heterocycles. The molecular weight excluding hydrogens is 462 g/mol. The Morgan fingerprint density at radius 1 is 1.15 bits per heavy atom. The number of carboxylic acid groups (broad SMARTS) is 1. The number of benzene rings is 2. The molecule has 3 rings (SSSR count). The predicted molar refractivity (Wildman–Crippen MR) is 126 cm³/mol. The number of aliphatic hydroxyl groups excluding tert-OH is 1. The van der Waals surface area contributed by atoms with Crippen molar-refractivity contribution >= 4 is 29.3 Å². The predicted octanol–water partition coefficient (Wildman–Crippen LogP) is 3.67. The molecule has 182 valence electrons. The van der Waals surface area contributed by atoms with Crippen LogP contribution in [0.1, 0.15) is 43.6 Å². The normalized spacial score (nSPS) is 19.1. The third-order valence-electron chi connectivity index (χ3n) is 5.13. The van der Waals surface area contributed by atoms with Crippen molar-refractivity contribution in [2.45, 2.75) is 51.2 Å². The summed E-state index contributed by atoms with van der Waals surface area (Å²) < 4.78 is 15.6. The molecule has 0 saturated heterocycles. The van der Waals surface area contributed by atoms with Crippen molar-refractivity contribution in [1.29, 1.82) is 0 Å². The van der Waals surface area contributed by atoms with Gasteiger partial charge in [-0.3, -0.25) is 0 Å². The summed E-state index contributed by atoms with van der Waals surface area (Å²) in [5, 5.41) is 23.8. The summed E-state index contributed by atoms with van der Waals surface area (Å²) in [6, 6.07) is 14.4. The topological polar surface area (TPSA) is 114 Å². The van der Waals surface area contributed by atoms with Gasteiger partial charge in [-0.15, -0.1) is 0 Å². The molecule has 0 bridgehead atoms. The van der Waals surface area contributed by atoms with E-state index in [0.29, 0.717) is 23.6 Å². The molecule has 0 amide bonds. The lowest BCUT2D eigenvalue weighted by molar-refractivity contribution is -0.214. The van der Waals surface area contributed by atoms with E-state index in [2.05, 4.69) is 5.32 Å². The molecule has 3 N–H and O–H groups in total. The van der Waals surface area contributed by atoms with Crippen molar-refractivity contribution in [3.8, 4) is 0 Å². The second-order valence-corrected chi connectivity index (χ2v) is 8.80. The first-order chi connectivity index (χ1) is 16.1. The Morgan fingerprint density at radius 3 is 2.56 bits per heavy atom. The Bertz CT molecular complexity index is 1070. The summed E-state index contributed by atoms with van der Waals surface area (Å²) in [7, 11) is 0. The molecule has 0 saturated carbocycles. The van der Waals surface area contributed by atoms with Crippen molar-refractivity contribution in [3.63, 3.8) is 0 Å². The molecule has 0 aliphatic carbocycles. The average Bonchev–Trinajstić information content (AvgIpc) is 3.24. The molecule has 0 fully saturated rings. The minimum absolute atomic E-state index is 0.0259. The zero-order valence-corrected chi connectivity index (χ0v) is 19.9. The number of ether oxygens (including phenoxy) is 3. The third kappa shape index (κ3) is 6.08. The molecule has 3 unspecified atom stereocenters. The van der Waals surface area contributed by atoms with E-state index in [-0.39, 0.29) is 11.8 Å². The van der Waals surface area contributed by atoms with Crippen LogP contribution in [-0.2, 0) is 30.2 Å². The monoisotopic (exact) mass is 489 g/mol. The van der Waals surface area contributed by atoms with Crippen molar-refractivity contribution in [1.82, 2.24) is 5.32 Å². The minimum Gasteiger partial charge on any atom is -0.475 e. The van der Waals surface area contributed by atoms with Gasteiger partial charge in [-0.2, -0.15) is 0 Å². The van der Waals surface area contributed by atoms with Gasteiger partial charge in [0.05, 0.1) is 12.2 Å². The Labute approximate surface area is 203 Å². The number of aliphatic hydroxyl groups is 1. The van der Waals surface area contributed by atoms with E-state index >= 15 is 0 Å². The Kier molecular flexibility index (Phi) is 8.19. The van der Waals surface area contributed by atoms with E-state index in [0.717, 1.165) is 17.4 Å². The van der Waals surface area contributed by atoms with E-state index in [1.807, 2.05) is 25.1 Å². The minimum atomic E-state index is -2.57. The van der Waals surface area contributed by atoms with E-state index in [9.17, 15) is 19.8 Å². The molecule has 0 radical (unpaired) electrons. The number of carbonyl (C=O) groups is 2. The van der Waals surface area contributed by atoms with E-state index < -0.39 is 29.9 Å². The molecule has 34 heavy (non-hydrogen) atoms. The van der Waals surface area contributed by atoms with Gasteiger partial charge in [0.2, 0.25) is 0 Å². The number of esters is 1. The van der Waals surface area contributed by atoms with Crippen LogP contribution in [0.2, 0.25) is 5.02 Å². The van der Waals surface area contributed by atoms with Gasteiger partial charge in [-0.25, -0.2) is 9.59 Å². The number of carboxylic acids is 1. The maximum atomic E-state index is 12.3. The fraction of sp³-hybridized carbons (Fsp3) is 0.360. The summed E-state index contributed by atoms with van der Waals surface area (Å²) in [5.74, 6) is -5.19. The first-order valence-electron chi connectivity index (χ1n) is 10.9. The Morgan fingerprint density at radius 2 is 1.88 bits per heavy atom. The van der Waals surface area contributed by atoms with Gasteiger partial charge < -0.3 is 29.7 Å². The van der Waals surface area contributed by atoms with Crippen LogP contribution in [0.3, 0.4) is 0 Å². The SMILES string of the molecule is CC(Cc1cccc(C2=COC(C(=O)O)(C(=O)OC(C)C)O2)c1)NCC(O)c1cccc(Cl)c1. The second-order valence-electron chi connectivity index (χ2n) is 8.36. The first-order valence-corrected chi connectivity index (χ1v) is 11.3. The van der Waals surface area contributed by atoms with E-state index in [1.54, 1.807) is 44.2 Å². The van der Waals surface area contributed by atoms with E-state index in [4.69, 9.17) is 25.8 Å². The van der Waals surface area contributed by atoms with Gasteiger partial charge in [0.15, 0.2) is 5.76 Å². The van der Waals surface area contributed by atoms with Crippen LogP contribution in [0.4, 0.5) is 0 Å². The van der Waals surface area contributed by atoms with Crippen LogP contribution in [0.25, 0.3) is 5.76 Å². The zero-order chi connectivity index (χ0) is 24.9. The van der Waals surface area contributed by atoms with Crippen LogP contribution in [-0.4, -0.2) is 46.6 Å². The first kappa shape index (κ1) is 25.6. The Balaban J connectivity index is 1.62. The molecule has 1 aliphatic heterocycles. The van der Waals surface area contributed by atoms with Crippen molar-refractivity contribution in [2.75, 3.05) is 6.54 Å². The summed E-state index contributed by atoms with van der Waals surface area (Å²) in [4.78, 5) is 24.1. The second kappa shape index (κ2) is 10.9. The molecule has 9 heteroatoms. The van der Waals surface area contributed by atoms with Crippen LogP contribution < -0.4 is 5.32 Å². The number of aliphatic carboxylic acids is 1. The van der Waals surface area contributed by atoms with E-state index in [1.165, 1.54) is 0 Å².